The van der Waals surface area contributed by atoms with E-state index < -0.39 is 5.97 Å². The van der Waals surface area contributed by atoms with E-state index in [4.69, 9.17) is 9.47 Å². The van der Waals surface area contributed by atoms with Gasteiger partial charge in [0.25, 0.3) is 0 Å². The number of fused-ring (bicyclic) bond motifs is 1. The molecule has 6 nitrogen and oxygen atoms in total. The molecule has 3 heterocycles. The lowest BCUT2D eigenvalue weighted by Crippen LogP contribution is -2.06. The minimum atomic E-state index is -0.395. The van der Waals surface area contributed by atoms with E-state index in [2.05, 4.69) is 15.3 Å². The Morgan fingerprint density at radius 1 is 1.20 bits per heavy atom. The Kier molecular flexibility index (Phi) is 5.45. The number of thiophene rings is 1. The van der Waals surface area contributed by atoms with E-state index in [0.717, 1.165) is 20.7 Å². The van der Waals surface area contributed by atoms with Gasteiger partial charge in [0.2, 0.25) is 5.88 Å². The molecule has 3 aromatic heterocycles. The normalized spacial score (nSPS) is 10.6. The Morgan fingerprint density at radius 3 is 2.80 bits per heavy atom. The number of hydrogen-bond donors (Lipinski definition) is 1. The Balaban J connectivity index is 1.73. The predicted octanol–water partition coefficient (Wildman–Crippen LogP) is 3.88. The van der Waals surface area contributed by atoms with Gasteiger partial charge in [-0.1, -0.05) is 6.07 Å². The van der Waals surface area contributed by atoms with E-state index in [1.165, 1.54) is 0 Å². The number of hydrogen-bond acceptors (Lipinski definition) is 7. The highest BCUT2D eigenvalue weighted by molar-refractivity contribution is 7.22. The van der Waals surface area contributed by atoms with Crippen LogP contribution in [0.25, 0.3) is 10.1 Å². The molecule has 0 radical (unpaired) electrons. The molecule has 0 aliphatic heterocycles. The maximum atomic E-state index is 12.0. The van der Waals surface area contributed by atoms with Crippen molar-refractivity contribution in [3.63, 3.8) is 0 Å². The first-order valence-electron chi connectivity index (χ1n) is 8.08. The molecule has 7 heteroatoms. The summed E-state index contributed by atoms with van der Waals surface area (Å²) in [5.74, 6) is 0.228. The molecular formula is C18H19N3O3S. The van der Waals surface area contributed by atoms with Gasteiger partial charge in [-0.25, -0.2) is 14.8 Å². The Labute approximate surface area is 149 Å². The molecule has 0 amide bonds. The van der Waals surface area contributed by atoms with Gasteiger partial charge in [0.1, 0.15) is 0 Å². The summed E-state index contributed by atoms with van der Waals surface area (Å²) in [5, 5.41) is 5.12. The maximum absolute atomic E-state index is 12.0. The first-order valence-corrected chi connectivity index (χ1v) is 8.90. The minimum Gasteiger partial charge on any atom is -0.478 e. The standard InChI is InChI=1S/C18H19N3O3S/c1-3-23-15-6-5-12(10-20-15)11-21-16-9-13-14(25-16)7-8-19-17(13)18(22)24-4-2/h5-10,21H,3-4,11H2,1-2H3. The molecule has 0 aliphatic carbocycles. The summed E-state index contributed by atoms with van der Waals surface area (Å²) in [4.78, 5) is 20.4. The van der Waals surface area contributed by atoms with Gasteiger partial charge in [0, 0.05) is 35.1 Å². The van der Waals surface area contributed by atoms with Gasteiger partial charge in [-0.15, -0.1) is 11.3 Å². The average Bonchev–Trinajstić information content (AvgIpc) is 3.04. The van der Waals surface area contributed by atoms with Crippen LogP contribution < -0.4 is 10.1 Å². The van der Waals surface area contributed by atoms with Crippen LogP contribution in [0.2, 0.25) is 0 Å². The Morgan fingerprint density at radius 2 is 2.08 bits per heavy atom. The van der Waals surface area contributed by atoms with E-state index in [-0.39, 0.29) is 0 Å². The zero-order valence-electron chi connectivity index (χ0n) is 14.1. The second kappa shape index (κ2) is 7.94. The lowest BCUT2D eigenvalue weighted by atomic mass is 10.2. The molecule has 0 aromatic carbocycles. The zero-order chi connectivity index (χ0) is 17.6. The quantitative estimate of drug-likeness (QED) is 0.647. The van der Waals surface area contributed by atoms with Gasteiger partial charge in [-0.2, -0.15) is 0 Å². The largest absolute Gasteiger partial charge is 0.478 e. The van der Waals surface area contributed by atoms with Crippen LogP contribution in [-0.4, -0.2) is 29.2 Å². The van der Waals surface area contributed by atoms with Crippen LogP contribution in [0.1, 0.15) is 29.9 Å². The van der Waals surface area contributed by atoms with E-state index in [0.29, 0.717) is 31.3 Å². The van der Waals surface area contributed by atoms with E-state index in [1.54, 1.807) is 30.7 Å². The van der Waals surface area contributed by atoms with Crippen LogP contribution in [0.5, 0.6) is 5.88 Å². The Bertz CT molecular complexity index is 862. The SMILES string of the molecule is CCOC(=O)c1nccc2sc(NCc3ccc(OCC)nc3)cc12. The van der Waals surface area contributed by atoms with Crippen LogP contribution in [0.15, 0.2) is 36.7 Å². The third-order valence-electron chi connectivity index (χ3n) is 3.47. The molecule has 130 valence electrons. The first-order chi connectivity index (χ1) is 12.2. The van der Waals surface area contributed by atoms with Gasteiger partial charge < -0.3 is 14.8 Å². The van der Waals surface area contributed by atoms with Gasteiger partial charge in [-0.05, 0) is 31.5 Å². The number of anilines is 1. The molecule has 0 saturated carbocycles. The second-order valence-corrected chi connectivity index (χ2v) is 6.28. The van der Waals surface area contributed by atoms with Crippen molar-refractivity contribution in [1.82, 2.24) is 9.97 Å². The lowest BCUT2D eigenvalue weighted by molar-refractivity contribution is 0.0522. The third-order valence-corrected chi connectivity index (χ3v) is 4.53. The highest BCUT2D eigenvalue weighted by Crippen LogP contribution is 2.31. The van der Waals surface area contributed by atoms with Crippen LogP contribution in [-0.2, 0) is 11.3 Å². The topological polar surface area (TPSA) is 73.3 Å². The van der Waals surface area contributed by atoms with E-state index >= 15 is 0 Å². The molecule has 0 fully saturated rings. The summed E-state index contributed by atoms with van der Waals surface area (Å²) in [6.45, 7) is 5.27. The molecule has 0 bridgehead atoms. The maximum Gasteiger partial charge on any atom is 0.357 e. The van der Waals surface area contributed by atoms with Crippen molar-refractivity contribution in [2.75, 3.05) is 18.5 Å². The summed E-state index contributed by atoms with van der Waals surface area (Å²) in [6.07, 6.45) is 3.42. The molecule has 3 rings (SSSR count). The van der Waals surface area contributed by atoms with Crippen molar-refractivity contribution in [2.45, 2.75) is 20.4 Å². The molecule has 0 spiro atoms. The number of nitrogens with zero attached hydrogens (tertiary/aromatic N) is 2. The number of carbonyl (C=O) groups is 1. The minimum absolute atomic E-state index is 0.330. The summed E-state index contributed by atoms with van der Waals surface area (Å²) in [7, 11) is 0. The predicted molar refractivity (Wildman–Crippen MR) is 98.3 cm³/mol. The first kappa shape index (κ1) is 17.2. The smallest absolute Gasteiger partial charge is 0.357 e. The van der Waals surface area contributed by atoms with Crippen LogP contribution in [0.3, 0.4) is 0 Å². The molecule has 1 N–H and O–H groups in total. The monoisotopic (exact) mass is 357 g/mol. The molecular weight excluding hydrogens is 338 g/mol. The summed E-state index contributed by atoms with van der Waals surface area (Å²) < 4.78 is 11.4. The van der Waals surface area contributed by atoms with Crippen LogP contribution in [0, 0.1) is 0 Å². The third kappa shape index (κ3) is 4.06. The zero-order valence-corrected chi connectivity index (χ0v) is 14.9. The Hall–Kier alpha value is -2.67. The van der Waals surface area contributed by atoms with Crippen molar-refractivity contribution in [2.24, 2.45) is 0 Å². The van der Waals surface area contributed by atoms with Gasteiger partial charge in [0.15, 0.2) is 5.69 Å². The lowest BCUT2D eigenvalue weighted by Gasteiger charge is -2.05. The fourth-order valence-corrected chi connectivity index (χ4v) is 3.30. The molecule has 0 aliphatic rings. The highest BCUT2D eigenvalue weighted by atomic mass is 32.1. The van der Waals surface area contributed by atoms with Crippen LogP contribution >= 0.6 is 11.3 Å². The van der Waals surface area contributed by atoms with Crippen molar-refractivity contribution in [1.29, 1.82) is 0 Å². The van der Waals surface area contributed by atoms with Gasteiger partial charge in [0.05, 0.1) is 18.2 Å². The number of esters is 1. The molecule has 25 heavy (non-hydrogen) atoms. The van der Waals surface area contributed by atoms with Crippen molar-refractivity contribution in [3.8, 4) is 5.88 Å². The van der Waals surface area contributed by atoms with Crippen molar-refractivity contribution < 1.29 is 14.3 Å². The van der Waals surface area contributed by atoms with Gasteiger partial charge >= 0.3 is 5.97 Å². The number of nitrogens with one attached hydrogen (secondary N) is 1. The van der Waals surface area contributed by atoms with Gasteiger partial charge in [-0.3, -0.25) is 0 Å². The van der Waals surface area contributed by atoms with Crippen molar-refractivity contribution >= 4 is 32.4 Å². The number of pyridine rings is 2. The number of carbonyl (C=O) groups excluding carboxylic acids is 1. The number of aromatic nitrogens is 2. The molecule has 0 atom stereocenters. The molecule has 0 saturated heterocycles. The average molecular weight is 357 g/mol. The highest BCUT2D eigenvalue weighted by Gasteiger charge is 2.15. The fraction of sp³-hybridized carbons (Fsp3) is 0.278. The summed E-state index contributed by atoms with van der Waals surface area (Å²) in [6, 6.07) is 7.66. The fourth-order valence-electron chi connectivity index (χ4n) is 2.35. The second-order valence-electron chi connectivity index (χ2n) is 5.19. The summed E-state index contributed by atoms with van der Waals surface area (Å²) >= 11 is 1.57. The van der Waals surface area contributed by atoms with E-state index in [9.17, 15) is 4.79 Å². The number of ether oxygens (including phenoxy) is 2. The number of rotatable bonds is 7. The van der Waals surface area contributed by atoms with Crippen LogP contribution in [0.4, 0.5) is 5.00 Å². The molecule has 0 unspecified atom stereocenters. The summed E-state index contributed by atoms with van der Waals surface area (Å²) in [5.41, 5.74) is 1.40. The molecule has 3 aromatic rings. The van der Waals surface area contributed by atoms with Crippen molar-refractivity contribution in [3.05, 3.63) is 47.9 Å². The van der Waals surface area contributed by atoms with E-state index in [1.807, 2.05) is 31.2 Å².